The van der Waals surface area contributed by atoms with Gasteiger partial charge in [-0.15, -0.1) is 11.3 Å². The molecule has 0 spiro atoms. The fraction of sp³-hybridized carbons (Fsp3) is 0.167. The molecular formula is C12H12N4O3S. The number of H-pyrrole nitrogens is 1. The first-order chi connectivity index (χ1) is 9.56. The molecular weight excluding hydrogens is 280 g/mol. The van der Waals surface area contributed by atoms with Crippen LogP contribution < -0.4 is 5.32 Å². The van der Waals surface area contributed by atoms with Gasteiger partial charge in [-0.05, 0) is 25.1 Å². The molecule has 1 amide bonds. The Morgan fingerprint density at radius 3 is 2.95 bits per heavy atom. The fourth-order valence-electron chi connectivity index (χ4n) is 1.48. The maximum atomic E-state index is 12.0. The zero-order valence-corrected chi connectivity index (χ0v) is 11.3. The third-order valence-electron chi connectivity index (χ3n) is 2.43. The standard InChI is InChI=1S/C12H12N4O3S/c1-7(11-13-6-14-16-11)15-12(19)9-4-2-8(20-9)3-5-10(17)18/h2-7H,1H3,(H,15,19)(H,17,18)(H,13,14,16)/b5-3+. The van der Waals surface area contributed by atoms with Gasteiger partial charge in [-0.3, -0.25) is 9.89 Å². The summed E-state index contributed by atoms with van der Waals surface area (Å²) in [6.45, 7) is 1.79. The van der Waals surface area contributed by atoms with E-state index in [1.165, 1.54) is 23.7 Å². The summed E-state index contributed by atoms with van der Waals surface area (Å²) in [4.78, 5) is 27.6. The van der Waals surface area contributed by atoms with Gasteiger partial charge >= 0.3 is 5.97 Å². The molecule has 0 bridgehead atoms. The Kier molecular flexibility index (Phi) is 4.26. The lowest BCUT2D eigenvalue weighted by atomic mass is 10.3. The summed E-state index contributed by atoms with van der Waals surface area (Å²) in [5.41, 5.74) is 0. The van der Waals surface area contributed by atoms with Gasteiger partial charge in [0.05, 0.1) is 10.9 Å². The summed E-state index contributed by atoms with van der Waals surface area (Å²) < 4.78 is 0. The largest absolute Gasteiger partial charge is 0.478 e. The number of carboxylic acid groups (broad SMARTS) is 1. The van der Waals surface area contributed by atoms with Gasteiger partial charge in [0.25, 0.3) is 5.91 Å². The van der Waals surface area contributed by atoms with Gasteiger partial charge in [-0.2, -0.15) is 5.10 Å². The number of carboxylic acids is 1. The molecule has 2 aromatic rings. The number of aromatic amines is 1. The average Bonchev–Trinajstić information content (AvgIpc) is 3.07. The highest BCUT2D eigenvalue weighted by atomic mass is 32.1. The number of thiophene rings is 1. The minimum atomic E-state index is -1.02. The zero-order chi connectivity index (χ0) is 14.5. The summed E-state index contributed by atoms with van der Waals surface area (Å²) in [7, 11) is 0. The van der Waals surface area contributed by atoms with Gasteiger partial charge in [-0.1, -0.05) is 0 Å². The van der Waals surface area contributed by atoms with Crippen molar-refractivity contribution in [2.45, 2.75) is 13.0 Å². The average molecular weight is 292 g/mol. The number of hydrogen-bond acceptors (Lipinski definition) is 5. The van der Waals surface area contributed by atoms with E-state index in [-0.39, 0.29) is 11.9 Å². The molecule has 2 aromatic heterocycles. The van der Waals surface area contributed by atoms with E-state index in [0.29, 0.717) is 15.6 Å². The van der Waals surface area contributed by atoms with Crippen molar-refractivity contribution in [1.82, 2.24) is 20.5 Å². The van der Waals surface area contributed by atoms with Crippen molar-refractivity contribution in [2.75, 3.05) is 0 Å². The fourth-order valence-corrected chi connectivity index (χ4v) is 2.29. The van der Waals surface area contributed by atoms with Crippen LogP contribution in [0.2, 0.25) is 0 Å². The summed E-state index contributed by atoms with van der Waals surface area (Å²) >= 11 is 1.21. The van der Waals surface area contributed by atoms with Crippen LogP contribution in [0.3, 0.4) is 0 Å². The van der Waals surface area contributed by atoms with Crippen LogP contribution in [0, 0.1) is 0 Å². The van der Waals surface area contributed by atoms with Gasteiger partial charge in [0.2, 0.25) is 0 Å². The van der Waals surface area contributed by atoms with Crippen molar-refractivity contribution in [2.24, 2.45) is 0 Å². The molecule has 8 heteroatoms. The number of aromatic nitrogens is 3. The summed E-state index contributed by atoms with van der Waals surface area (Å²) in [5.74, 6) is -0.696. The van der Waals surface area contributed by atoms with Gasteiger partial charge in [0, 0.05) is 11.0 Å². The summed E-state index contributed by atoms with van der Waals surface area (Å²) in [5, 5.41) is 17.7. The first kappa shape index (κ1) is 13.9. The molecule has 1 unspecified atom stereocenters. The third-order valence-corrected chi connectivity index (χ3v) is 3.48. The van der Waals surface area contributed by atoms with Crippen molar-refractivity contribution in [3.8, 4) is 0 Å². The molecule has 0 saturated heterocycles. The first-order valence-corrected chi connectivity index (χ1v) is 6.55. The maximum absolute atomic E-state index is 12.0. The molecule has 3 N–H and O–H groups in total. The van der Waals surface area contributed by atoms with Gasteiger partial charge < -0.3 is 10.4 Å². The van der Waals surface area contributed by atoms with Crippen LogP contribution in [-0.4, -0.2) is 32.2 Å². The number of aliphatic carboxylic acids is 1. The second-order valence-electron chi connectivity index (χ2n) is 3.94. The predicted octanol–water partition coefficient (Wildman–Crippen LogP) is 1.46. The van der Waals surface area contributed by atoms with Crippen molar-refractivity contribution in [1.29, 1.82) is 0 Å². The molecule has 0 radical (unpaired) electrons. The van der Waals surface area contributed by atoms with E-state index < -0.39 is 5.97 Å². The van der Waals surface area contributed by atoms with E-state index >= 15 is 0 Å². The number of nitrogens with zero attached hydrogens (tertiary/aromatic N) is 2. The molecule has 7 nitrogen and oxygen atoms in total. The highest BCUT2D eigenvalue weighted by Gasteiger charge is 2.14. The van der Waals surface area contributed by atoms with Crippen molar-refractivity contribution >= 4 is 29.3 Å². The molecule has 2 heterocycles. The smallest absolute Gasteiger partial charge is 0.328 e. The van der Waals surface area contributed by atoms with Gasteiger partial charge in [0.1, 0.15) is 12.2 Å². The molecule has 0 aliphatic heterocycles. The number of carbonyl (C=O) groups excluding carboxylic acids is 1. The zero-order valence-electron chi connectivity index (χ0n) is 10.5. The number of rotatable bonds is 5. The van der Waals surface area contributed by atoms with E-state index in [1.54, 1.807) is 19.1 Å². The van der Waals surface area contributed by atoms with Crippen LogP contribution in [0.25, 0.3) is 6.08 Å². The molecule has 0 aliphatic rings. The van der Waals surface area contributed by atoms with Crippen molar-refractivity contribution in [3.63, 3.8) is 0 Å². The lowest BCUT2D eigenvalue weighted by molar-refractivity contribution is -0.131. The van der Waals surface area contributed by atoms with Crippen LogP contribution in [0.4, 0.5) is 0 Å². The number of amides is 1. The predicted molar refractivity (Wildman–Crippen MR) is 73.3 cm³/mol. The summed E-state index contributed by atoms with van der Waals surface area (Å²) in [6, 6.07) is 3.05. The van der Waals surface area contributed by atoms with E-state index in [0.717, 1.165) is 6.08 Å². The van der Waals surface area contributed by atoms with E-state index in [1.807, 2.05) is 0 Å². The first-order valence-electron chi connectivity index (χ1n) is 5.73. The third kappa shape index (κ3) is 3.51. The van der Waals surface area contributed by atoms with Crippen LogP contribution in [-0.2, 0) is 4.79 Å². The minimum absolute atomic E-state index is 0.242. The monoisotopic (exact) mass is 292 g/mol. The van der Waals surface area contributed by atoms with E-state index in [2.05, 4.69) is 20.5 Å². The maximum Gasteiger partial charge on any atom is 0.328 e. The van der Waals surface area contributed by atoms with Gasteiger partial charge in [0.15, 0.2) is 0 Å². The Labute approximate surface area is 118 Å². The quantitative estimate of drug-likeness (QED) is 0.723. The van der Waals surface area contributed by atoms with Crippen LogP contribution in [0.1, 0.15) is 33.3 Å². The highest BCUT2D eigenvalue weighted by Crippen LogP contribution is 2.19. The number of nitrogens with one attached hydrogen (secondary N) is 2. The molecule has 0 aliphatic carbocycles. The Morgan fingerprint density at radius 1 is 1.50 bits per heavy atom. The van der Waals surface area contributed by atoms with Crippen molar-refractivity contribution in [3.05, 3.63) is 40.1 Å². The molecule has 20 heavy (non-hydrogen) atoms. The van der Waals surface area contributed by atoms with E-state index in [4.69, 9.17) is 5.11 Å². The number of carbonyl (C=O) groups is 2. The lowest BCUT2D eigenvalue weighted by Crippen LogP contribution is -2.26. The Morgan fingerprint density at radius 2 is 2.30 bits per heavy atom. The normalized spacial score (nSPS) is 12.4. The SMILES string of the molecule is CC(NC(=O)c1ccc(/C=C/C(=O)O)s1)c1ncn[nH]1. The topological polar surface area (TPSA) is 108 Å². The lowest BCUT2D eigenvalue weighted by Gasteiger charge is -2.09. The highest BCUT2D eigenvalue weighted by molar-refractivity contribution is 7.14. The molecule has 1 atom stereocenters. The Hall–Kier alpha value is -2.48. The number of hydrogen-bond donors (Lipinski definition) is 3. The second-order valence-corrected chi connectivity index (χ2v) is 5.05. The molecule has 2 rings (SSSR count). The molecule has 0 fully saturated rings. The summed E-state index contributed by atoms with van der Waals surface area (Å²) in [6.07, 6.45) is 3.85. The molecule has 0 aromatic carbocycles. The minimum Gasteiger partial charge on any atom is -0.478 e. The second kappa shape index (κ2) is 6.11. The van der Waals surface area contributed by atoms with Crippen LogP contribution in [0.15, 0.2) is 24.5 Å². The van der Waals surface area contributed by atoms with Crippen molar-refractivity contribution < 1.29 is 14.7 Å². The molecule has 104 valence electrons. The van der Waals surface area contributed by atoms with Gasteiger partial charge in [-0.25, -0.2) is 9.78 Å². The van der Waals surface area contributed by atoms with E-state index in [9.17, 15) is 9.59 Å². The Bertz CT molecular complexity index is 633. The van der Waals surface area contributed by atoms with Crippen LogP contribution >= 0.6 is 11.3 Å². The molecule has 0 saturated carbocycles. The van der Waals surface area contributed by atoms with Crippen LogP contribution in [0.5, 0.6) is 0 Å². The Balaban J connectivity index is 2.01.